The summed E-state index contributed by atoms with van der Waals surface area (Å²) in [6.07, 6.45) is 2.88. The van der Waals surface area contributed by atoms with E-state index < -0.39 is 0 Å². The van der Waals surface area contributed by atoms with Gasteiger partial charge in [0, 0.05) is 33.4 Å². The molecule has 0 amide bonds. The summed E-state index contributed by atoms with van der Waals surface area (Å²) in [5, 5.41) is 2.11. The summed E-state index contributed by atoms with van der Waals surface area (Å²) in [6, 6.07) is 13.4. The number of anilines is 1. The van der Waals surface area contributed by atoms with Gasteiger partial charge in [0.25, 0.3) is 0 Å². The second-order valence-electron chi connectivity index (χ2n) is 5.85. The Morgan fingerprint density at radius 3 is 2.62 bits per heavy atom. The van der Waals surface area contributed by atoms with Crippen LogP contribution in [-0.2, 0) is 4.79 Å². The van der Waals surface area contributed by atoms with E-state index in [0.29, 0.717) is 18.2 Å². The molecule has 3 atom stereocenters. The minimum atomic E-state index is 0.164. The van der Waals surface area contributed by atoms with Gasteiger partial charge in [0.2, 0.25) is 0 Å². The van der Waals surface area contributed by atoms with Crippen LogP contribution >= 0.6 is 27.3 Å². The molecule has 108 valence electrons. The van der Waals surface area contributed by atoms with E-state index in [9.17, 15) is 4.79 Å². The molecule has 2 aromatic rings. The number of hydrogen-bond acceptors (Lipinski definition) is 3. The van der Waals surface area contributed by atoms with Gasteiger partial charge >= 0.3 is 0 Å². The van der Waals surface area contributed by atoms with Crippen molar-refractivity contribution in [2.24, 2.45) is 5.92 Å². The molecule has 0 radical (unpaired) electrons. The van der Waals surface area contributed by atoms with E-state index in [1.807, 2.05) is 0 Å². The lowest BCUT2D eigenvalue weighted by Crippen LogP contribution is -2.54. The molecule has 2 nitrogen and oxygen atoms in total. The number of hydrogen-bond donors (Lipinski definition) is 0. The second kappa shape index (κ2) is 5.25. The summed E-state index contributed by atoms with van der Waals surface area (Å²) in [4.78, 5) is 16.2. The quantitative estimate of drug-likeness (QED) is 0.764. The molecule has 2 saturated heterocycles. The Morgan fingerprint density at radius 2 is 1.95 bits per heavy atom. The Labute approximate surface area is 136 Å². The van der Waals surface area contributed by atoms with Gasteiger partial charge in [-0.3, -0.25) is 4.79 Å². The van der Waals surface area contributed by atoms with E-state index >= 15 is 0 Å². The molecule has 5 rings (SSSR count). The van der Waals surface area contributed by atoms with Gasteiger partial charge in [-0.15, -0.1) is 11.3 Å². The number of carbonyl (C=O) groups is 1. The number of thiophene rings is 1. The van der Waals surface area contributed by atoms with E-state index in [4.69, 9.17) is 0 Å². The molecule has 3 heterocycles. The highest BCUT2D eigenvalue weighted by atomic mass is 79.9. The van der Waals surface area contributed by atoms with Gasteiger partial charge in [0.05, 0.1) is 6.04 Å². The first kappa shape index (κ1) is 13.5. The standard InChI is InChI=1S/C17H16BrNOS/c18-11-3-5-12(6-4-11)19-13-7-8-14(15(20)10-13)17(19)16-2-1-9-21-16/h1-6,9,13-14,17H,7-8,10H2/t13-,14+,17+/m1/s1. The van der Waals surface area contributed by atoms with E-state index in [0.717, 1.165) is 17.3 Å². The van der Waals surface area contributed by atoms with Gasteiger partial charge in [-0.1, -0.05) is 22.0 Å². The van der Waals surface area contributed by atoms with Gasteiger partial charge in [-0.2, -0.15) is 0 Å². The number of benzene rings is 1. The first-order chi connectivity index (χ1) is 10.2. The molecule has 21 heavy (non-hydrogen) atoms. The molecule has 1 aromatic carbocycles. The van der Waals surface area contributed by atoms with Crippen LogP contribution in [0.1, 0.15) is 30.2 Å². The van der Waals surface area contributed by atoms with Crippen molar-refractivity contribution in [1.82, 2.24) is 0 Å². The fourth-order valence-electron chi connectivity index (χ4n) is 3.79. The number of nitrogens with zero attached hydrogens (tertiary/aromatic N) is 1. The number of fused-ring (bicyclic) bond motifs is 3. The highest BCUT2D eigenvalue weighted by molar-refractivity contribution is 9.10. The average molecular weight is 362 g/mol. The lowest BCUT2D eigenvalue weighted by molar-refractivity contribution is -0.128. The molecule has 1 aliphatic carbocycles. The molecule has 0 unspecified atom stereocenters. The summed E-state index contributed by atoms with van der Waals surface area (Å²) in [5.74, 6) is 0.621. The van der Waals surface area contributed by atoms with E-state index in [1.165, 1.54) is 10.6 Å². The summed E-state index contributed by atoms with van der Waals surface area (Å²) in [5.41, 5.74) is 1.24. The Bertz CT molecular complexity index is 652. The van der Waals surface area contributed by atoms with Crippen LogP contribution in [0, 0.1) is 5.92 Å². The van der Waals surface area contributed by atoms with Gasteiger partial charge in [0.1, 0.15) is 5.78 Å². The molecule has 2 bridgehead atoms. The lowest BCUT2D eigenvalue weighted by Gasteiger charge is -2.51. The Balaban J connectivity index is 1.79. The zero-order chi connectivity index (χ0) is 14.4. The van der Waals surface area contributed by atoms with Crippen molar-refractivity contribution in [2.75, 3.05) is 4.90 Å². The molecule has 3 aliphatic rings. The number of rotatable bonds is 2. The fraction of sp³-hybridized carbons (Fsp3) is 0.353. The van der Waals surface area contributed by atoms with Crippen molar-refractivity contribution in [3.63, 3.8) is 0 Å². The highest BCUT2D eigenvalue weighted by Gasteiger charge is 2.47. The maximum Gasteiger partial charge on any atom is 0.140 e. The van der Waals surface area contributed by atoms with Crippen LogP contribution in [0.5, 0.6) is 0 Å². The van der Waals surface area contributed by atoms with E-state index in [-0.39, 0.29) is 12.0 Å². The van der Waals surface area contributed by atoms with Crippen molar-refractivity contribution in [1.29, 1.82) is 0 Å². The van der Waals surface area contributed by atoms with E-state index in [2.05, 4.69) is 62.6 Å². The average Bonchev–Trinajstić information content (AvgIpc) is 3.02. The summed E-state index contributed by atoms with van der Waals surface area (Å²) >= 11 is 5.27. The Hall–Kier alpha value is -1.13. The first-order valence-corrected chi connectivity index (χ1v) is 9.01. The highest BCUT2D eigenvalue weighted by Crippen LogP contribution is 2.48. The van der Waals surface area contributed by atoms with Gasteiger partial charge in [-0.25, -0.2) is 0 Å². The predicted molar refractivity (Wildman–Crippen MR) is 89.8 cm³/mol. The monoisotopic (exact) mass is 361 g/mol. The van der Waals surface area contributed by atoms with Crippen LogP contribution < -0.4 is 4.90 Å². The van der Waals surface area contributed by atoms with Crippen molar-refractivity contribution < 1.29 is 4.79 Å². The minimum absolute atomic E-state index is 0.164. The first-order valence-electron chi connectivity index (χ1n) is 7.34. The summed E-state index contributed by atoms with van der Waals surface area (Å²) < 4.78 is 1.09. The van der Waals surface area contributed by atoms with Crippen molar-refractivity contribution in [3.8, 4) is 0 Å². The fourth-order valence-corrected chi connectivity index (χ4v) is 4.94. The molecule has 0 N–H and O–H groups in total. The minimum Gasteiger partial charge on any atom is -0.360 e. The third kappa shape index (κ3) is 2.25. The van der Waals surface area contributed by atoms with Gasteiger partial charge < -0.3 is 4.90 Å². The topological polar surface area (TPSA) is 20.3 Å². The SMILES string of the molecule is O=C1C[C@H]2CC[C@@H]1[C@@H](c1cccs1)N2c1ccc(Br)cc1. The molecule has 3 fully saturated rings. The third-order valence-electron chi connectivity index (χ3n) is 4.69. The van der Waals surface area contributed by atoms with Crippen molar-refractivity contribution >= 4 is 38.7 Å². The number of piperidine rings is 2. The van der Waals surface area contributed by atoms with Crippen LogP contribution in [0.4, 0.5) is 5.69 Å². The zero-order valence-electron chi connectivity index (χ0n) is 11.5. The molecular weight excluding hydrogens is 346 g/mol. The Morgan fingerprint density at radius 1 is 1.14 bits per heavy atom. The van der Waals surface area contributed by atoms with Crippen LogP contribution in [0.2, 0.25) is 0 Å². The maximum atomic E-state index is 12.4. The number of halogens is 1. The van der Waals surface area contributed by atoms with Crippen molar-refractivity contribution in [3.05, 3.63) is 51.1 Å². The molecular formula is C17H16BrNOS. The maximum absolute atomic E-state index is 12.4. The second-order valence-corrected chi connectivity index (χ2v) is 7.75. The number of Topliss-reactive ketones (excluding diaryl/α,β-unsaturated/α-hetero) is 1. The number of carbonyl (C=O) groups excluding carboxylic acids is 1. The lowest BCUT2D eigenvalue weighted by atomic mass is 9.73. The normalized spacial score (nSPS) is 28.1. The molecule has 0 spiro atoms. The zero-order valence-corrected chi connectivity index (χ0v) is 13.9. The molecule has 1 aromatic heterocycles. The van der Waals surface area contributed by atoms with Crippen LogP contribution in [0.3, 0.4) is 0 Å². The molecule has 4 heteroatoms. The van der Waals surface area contributed by atoms with Gasteiger partial charge in [0.15, 0.2) is 0 Å². The van der Waals surface area contributed by atoms with Crippen molar-refractivity contribution in [2.45, 2.75) is 31.3 Å². The van der Waals surface area contributed by atoms with Crippen LogP contribution in [0.15, 0.2) is 46.3 Å². The van der Waals surface area contributed by atoms with Crippen LogP contribution in [0.25, 0.3) is 0 Å². The predicted octanol–water partition coefficient (Wildman–Crippen LogP) is 4.81. The largest absolute Gasteiger partial charge is 0.360 e. The summed E-state index contributed by atoms with van der Waals surface area (Å²) in [6.45, 7) is 0. The van der Waals surface area contributed by atoms with Gasteiger partial charge in [-0.05, 0) is 48.6 Å². The van der Waals surface area contributed by atoms with Crippen LogP contribution in [-0.4, -0.2) is 11.8 Å². The smallest absolute Gasteiger partial charge is 0.140 e. The van der Waals surface area contributed by atoms with E-state index in [1.54, 1.807) is 11.3 Å². The summed E-state index contributed by atoms with van der Waals surface area (Å²) in [7, 11) is 0. The molecule has 1 saturated carbocycles. The molecule has 2 aliphatic heterocycles. The number of ketones is 1. The Kier molecular flexibility index (Phi) is 3.38. The third-order valence-corrected chi connectivity index (χ3v) is 6.17.